The van der Waals surface area contributed by atoms with Crippen molar-refractivity contribution in [3.05, 3.63) is 36.4 Å². The van der Waals surface area contributed by atoms with E-state index in [1.165, 1.54) is 0 Å². The molecule has 20 heavy (non-hydrogen) atoms. The molecule has 0 aromatic heterocycles. The summed E-state index contributed by atoms with van der Waals surface area (Å²) < 4.78 is 11.1. The van der Waals surface area contributed by atoms with Crippen LogP contribution in [-0.2, 0) is 4.74 Å². The van der Waals surface area contributed by atoms with E-state index in [0.717, 1.165) is 36.2 Å². The molecular weight excluding hydrogens is 255 g/mol. The Balaban J connectivity index is 1.74. The smallest absolute Gasteiger partial charge is 0.488 e. The highest BCUT2D eigenvalue weighted by molar-refractivity contribution is 6.58. The number of ether oxygens (including phenoxy) is 2. The predicted octanol–water partition coefficient (Wildman–Crippen LogP) is 0.935. The summed E-state index contributed by atoms with van der Waals surface area (Å²) in [5, 5.41) is 20.3. The second-order valence-electron chi connectivity index (χ2n) is 5.18. The van der Waals surface area contributed by atoms with E-state index in [4.69, 9.17) is 19.5 Å². The van der Waals surface area contributed by atoms with Crippen LogP contribution in [0, 0.1) is 5.92 Å². The third-order valence-corrected chi connectivity index (χ3v) is 3.64. The van der Waals surface area contributed by atoms with E-state index in [0.29, 0.717) is 18.0 Å². The van der Waals surface area contributed by atoms with Crippen LogP contribution in [0.25, 0.3) is 10.8 Å². The summed E-state index contributed by atoms with van der Waals surface area (Å²) in [5.41, 5.74) is 0.495. The minimum atomic E-state index is -1.43. The molecule has 0 radical (unpaired) electrons. The standard InChI is InChI=1S/C15H17BO4/c17-16(18)14-3-1-13-8-15(4-2-12(13)7-14)20-10-11-5-6-19-9-11/h1-4,7-8,11,17-18H,5-6,9-10H2. The summed E-state index contributed by atoms with van der Waals surface area (Å²) in [7, 11) is -1.43. The lowest BCUT2D eigenvalue weighted by Gasteiger charge is -2.11. The van der Waals surface area contributed by atoms with Crippen molar-refractivity contribution in [2.45, 2.75) is 6.42 Å². The van der Waals surface area contributed by atoms with Gasteiger partial charge in [0.1, 0.15) is 5.75 Å². The van der Waals surface area contributed by atoms with Gasteiger partial charge in [0, 0.05) is 12.5 Å². The van der Waals surface area contributed by atoms with Gasteiger partial charge in [-0.2, -0.15) is 0 Å². The van der Waals surface area contributed by atoms with E-state index in [1.54, 1.807) is 12.1 Å². The van der Waals surface area contributed by atoms with Crippen molar-refractivity contribution < 1.29 is 19.5 Å². The van der Waals surface area contributed by atoms with E-state index in [1.807, 2.05) is 24.3 Å². The molecule has 1 aliphatic rings. The molecule has 2 N–H and O–H groups in total. The number of rotatable bonds is 4. The molecule has 1 aliphatic heterocycles. The fourth-order valence-corrected chi connectivity index (χ4v) is 2.42. The van der Waals surface area contributed by atoms with Crippen molar-refractivity contribution in [2.75, 3.05) is 19.8 Å². The van der Waals surface area contributed by atoms with Crippen molar-refractivity contribution in [1.82, 2.24) is 0 Å². The number of fused-ring (bicyclic) bond motifs is 1. The van der Waals surface area contributed by atoms with Crippen LogP contribution in [0.1, 0.15) is 6.42 Å². The Labute approximate surface area is 118 Å². The molecule has 0 amide bonds. The summed E-state index contributed by atoms with van der Waals surface area (Å²) in [6, 6.07) is 11.2. The fourth-order valence-electron chi connectivity index (χ4n) is 2.42. The minimum absolute atomic E-state index is 0.484. The van der Waals surface area contributed by atoms with Crippen molar-refractivity contribution in [2.24, 2.45) is 5.92 Å². The molecule has 104 valence electrons. The van der Waals surface area contributed by atoms with Crippen LogP contribution in [0.2, 0.25) is 0 Å². The van der Waals surface area contributed by atoms with Crippen molar-refractivity contribution in [1.29, 1.82) is 0 Å². The molecule has 4 nitrogen and oxygen atoms in total. The second-order valence-corrected chi connectivity index (χ2v) is 5.18. The Kier molecular flexibility index (Phi) is 3.92. The lowest BCUT2D eigenvalue weighted by atomic mass is 9.79. The van der Waals surface area contributed by atoms with E-state index >= 15 is 0 Å². The first kappa shape index (κ1) is 13.4. The molecule has 0 saturated carbocycles. The minimum Gasteiger partial charge on any atom is -0.493 e. The maximum atomic E-state index is 9.16. The molecule has 1 atom stereocenters. The molecule has 0 bridgehead atoms. The number of hydrogen-bond donors (Lipinski definition) is 2. The van der Waals surface area contributed by atoms with Crippen LogP contribution >= 0.6 is 0 Å². The number of hydrogen-bond acceptors (Lipinski definition) is 4. The molecule has 2 aromatic carbocycles. The van der Waals surface area contributed by atoms with Gasteiger partial charge in [-0.15, -0.1) is 0 Å². The van der Waals surface area contributed by atoms with Crippen molar-refractivity contribution in [3.8, 4) is 5.75 Å². The van der Waals surface area contributed by atoms with Gasteiger partial charge in [-0.1, -0.05) is 24.3 Å². The van der Waals surface area contributed by atoms with Gasteiger partial charge in [-0.3, -0.25) is 0 Å². The molecule has 1 saturated heterocycles. The summed E-state index contributed by atoms with van der Waals surface area (Å²) in [6.07, 6.45) is 1.06. The third kappa shape index (κ3) is 2.95. The summed E-state index contributed by atoms with van der Waals surface area (Å²) in [5.74, 6) is 1.32. The van der Waals surface area contributed by atoms with E-state index < -0.39 is 7.12 Å². The fraction of sp³-hybridized carbons (Fsp3) is 0.333. The van der Waals surface area contributed by atoms with E-state index in [2.05, 4.69) is 0 Å². The molecule has 0 aliphatic carbocycles. The highest BCUT2D eigenvalue weighted by atomic mass is 16.5. The maximum absolute atomic E-state index is 9.16. The molecule has 5 heteroatoms. The van der Waals surface area contributed by atoms with E-state index in [-0.39, 0.29) is 0 Å². The molecular formula is C15H17BO4. The van der Waals surface area contributed by atoms with Crippen LogP contribution in [0.3, 0.4) is 0 Å². The highest BCUT2D eigenvalue weighted by Gasteiger charge is 2.16. The van der Waals surface area contributed by atoms with Gasteiger partial charge in [0.2, 0.25) is 0 Å². The maximum Gasteiger partial charge on any atom is 0.488 e. The summed E-state index contributed by atoms with van der Waals surface area (Å²) in [4.78, 5) is 0. The average molecular weight is 272 g/mol. The quantitative estimate of drug-likeness (QED) is 0.813. The average Bonchev–Trinajstić information content (AvgIpc) is 2.97. The highest BCUT2D eigenvalue weighted by Crippen LogP contribution is 2.22. The van der Waals surface area contributed by atoms with E-state index in [9.17, 15) is 0 Å². The Morgan fingerprint density at radius 2 is 1.95 bits per heavy atom. The van der Waals surface area contributed by atoms with Gasteiger partial charge >= 0.3 is 7.12 Å². The van der Waals surface area contributed by atoms with Crippen molar-refractivity contribution in [3.63, 3.8) is 0 Å². The number of benzene rings is 2. The zero-order valence-electron chi connectivity index (χ0n) is 11.2. The zero-order chi connectivity index (χ0) is 13.9. The van der Waals surface area contributed by atoms with Crippen LogP contribution in [0.4, 0.5) is 0 Å². The van der Waals surface area contributed by atoms with Crippen LogP contribution < -0.4 is 10.2 Å². The van der Waals surface area contributed by atoms with Crippen LogP contribution in [-0.4, -0.2) is 37.0 Å². The Hall–Kier alpha value is -1.56. The summed E-state index contributed by atoms with van der Waals surface area (Å²) >= 11 is 0. The van der Waals surface area contributed by atoms with Gasteiger partial charge in [-0.25, -0.2) is 0 Å². The second kappa shape index (κ2) is 5.83. The monoisotopic (exact) mass is 272 g/mol. The first-order valence-electron chi connectivity index (χ1n) is 6.83. The molecule has 1 heterocycles. The predicted molar refractivity (Wildman–Crippen MR) is 78.2 cm³/mol. The first-order chi connectivity index (χ1) is 9.72. The largest absolute Gasteiger partial charge is 0.493 e. The van der Waals surface area contributed by atoms with Crippen molar-refractivity contribution >= 4 is 23.4 Å². The van der Waals surface area contributed by atoms with Gasteiger partial charge < -0.3 is 19.5 Å². The lowest BCUT2D eigenvalue weighted by molar-refractivity contribution is 0.167. The van der Waals surface area contributed by atoms with Crippen LogP contribution in [0.15, 0.2) is 36.4 Å². The lowest BCUT2D eigenvalue weighted by Crippen LogP contribution is -2.29. The van der Waals surface area contributed by atoms with Gasteiger partial charge in [0.15, 0.2) is 0 Å². The molecule has 3 rings (SSSR count). The SMILES string of the molecule is OB(O)c1ccc2cc(OCC3CCOC3)ccc2c1. The Morgan fingerprint density at radius 3 is 2.70 bits per heavy atom. The summed E-state index contributed by atoms with van der Waals surface area (Å²) in [6.45, 7) is 2.29. The van der Waals surface area contributed by atoms with Crippen LogP contribution in [0.5, 0.6) is 5.75 Å². The third-order valence-electron chi connectivity index (χ3n) is 3.64. The normalized spacial score (nSPS) is 18.4. The van der Waals surface area contributed by atoms with Gasteiger partial charge in [0.05, 0.1) is 13.2 Å². The first-order valence-corrected chi connectivity index (χ1v) is 6.83. The zero-order valence-corrected chi connectivity index (χ0v) is 11.2. The Bertz CT molecular complexity index is 593. The molecule has 2 aromatic rings. The Morgan fingerprint density at radius 1 is 1.15 bits per heavy atom. The van der Waals surface area contributed by atoms with Gasteiger partial charge in [0.25, 0.3) is 0 Å². The topological polar surface area (TPSA) is 58.9 Å². The van der Waals surface area contributed by atoms with Gasteiger partial charge in [-0.05, 0) is 34.8 Å². The molecule has 1 unspecified atom stereocenters. The molecule has 1 fully saturated rings. The molecule has 0 spiro atoms.